The first kappa shape index (κ1) is 23.6. The summed E-state index contributed by atoms with van der Waals surface area (Å²) in [5, 5.41) is 6.61. The van der Waals surface area contributed by atoms with Crippen molar-refractivity contribution < 1.29 is 13.2 Å². The molecule has 0 bridgehead atoms. The number of aliphatic imine (C=N–C) groups is 1. The highest BCUT2D eigenvalue weighted by Crippen LogP contribution is 2.26. The van der Waals surface area contributed by atoms with Crippen molar-refractivity contribution >= 4 is 16.0 Å². The third-order valence-corrected chi connectivity index (χ3v) is 6.76. The van der Waals surface area contributed by atoms with E-state index in [4.69, 9.17) is 4.74 Å². The van der Waals surface area contributed by atoms with Gasteiger partial charge in [-0.3, -0.25) is 4.99 Å². The third-order valence-electron chi connectivity index (χ3n) is 5.30. The minimum Gasteiger partial charge on any atom is -0.383 e. The van der Waals surface area contributed by atoms with Gasteiger partial charge >= 0.3 is 0 Å². The van der Waals surface area contributed by atoms with Crippen LogP contribution < -0.4 is 15.4 Å². The number of methoxy groups -OCH3 is 1. The first-order chi connectivity index (χ1) is 14.0. The van der Waals surface area contributed by atoms with Crippen molar-refractivity contribution in [3.8, 4) is 0 Å². The Morgan fingerprint density at radius 1 is 1.17 bits per heavy atom. The molecule has 0 atom stereocenters. The number of nitrogens with zero attached hydrogens (tertiary/aromatic N) is 1. The van der Waals surface area contributed by atoms with E-state index in [-0.39, 0.29) is 11.4 Å². The van der Waals surface area contributed by atoms with E-state index < -0.39 is 10.0 Å². The van der Waals surface area contributed by atoms with Crippen LogP contribution in [0.5, 0.6) is 0 Å². The lowest BCUT2D eigenvalue weighted by Gasteiger charge is -2.21. The third kappa shape index (κ3) is 8.72. The Hall–Kier alpha value is -1.64. The maximum atomic E-state index is 12.3. The zero-order valence-corrected chi connectivity index (χ0v) is 18.6. The molecule has 0 heterocycles. The van der Waals surface area contributed by atoms with Gasteiger partial charge in [0.1, 0.15) is 0 Å². The van der Waals surface area contributed by atoms with Crippen molar-refractivity contribution in [1.82, 2.24) is 15.4 Å². The van der Waals surface area contributed by atoms with E-state index in [1.165, 1.54) is 45.6 Å². The first-order valence-corrected chi connectivity index (χ1v) is 12.1. The Morgan fingerprint density at radius 3 is 2.69 bits per heavy atom. The molecule has 0 aromatic heterocycles. The molecule has 3 N–H and O–H groups in total. The number of rotatable bonds is 11. The van der Waals surface area contributed by atoms with Gasteiger partial charge in [-0.05, 0) is 36.5 Å². The molecule has 1 aliphatic carbocycles. The molecule has 1 fully saturated rings. The van der Waals surface area contributed by atoms with Gasteiger partial charge in [0.15, 0.2) is 5.96 Å². The second-order valence-electron chi connectivity index (χ2n) is 7.54. The standard InChI is InChI=1S/C21H36N4O3S/c1-22-21(23-13-7-11-18-8-4-3-5-9-18)24-17-19-10-6-12-20(16-19)29(26,27)25-14-15-28-2/h6,10,12,16,18,25H,3-5,7-9,11,13-15,17H2,1-2H3,(H2,22,23,24). The molecule has 0 unspecified atom stereocenters. The van der Waals surface area contributed by atoms with Crippen molar-refractivity contribution in [3.63, 3.8) is 0 Å². The quantitative estimate of drug-likeness (QED) is 0.289. The molecule has 164 valence electrons. The maximum Gasteiger partial charge on any atom is 0.240 e. The van der Waals surface area contributed by atoms with Crippen LogP contribution in [0.3, 0.4) is 0 Å². The number of nitrogens with one attached hydrogen (secondary N) is 3. The summed E-state index contributed by atoms with van der Waals surface area (Å²) in [4.78, 5) is 4.51. The highest BCUT2D eigenvalue weighted by atomic mass is 32.2. The molecule has 1 saturated carbocycles. The van der Waals surface area contributed by atoms with Crippen LogP contribution in [0.15, 0.2) is 34.2 Å². The number of benzene rings is 1. The van der Waals surface area contributed by atoms with E-state index in [1.54, 1.807) is 25.2 Å². The van der Waals surface area contributed by atoms with E-state index in [9.17, 15) is 8.42 Å². The molecule has 8 heteroatoms. The summed E-state index contributed by atoms with van der Waals surface area (Å²) < 4.78 is 32.1. The topological polar surface area (TPSA) is 91.8 Å². The van der Waals surface area contributed by atoms with E-state index in [0.717, 1.165) is 30.4 Å². The van der Waals surface area contributed by atoms with E-state index in [0.29, 0.717) is 13.2 Å². The molecule has 2 rings (SSSR count). The van der Waals surface area contributed by atoms with E-state index in [2.05, 4.69) is 20.3 Å². The van der Waals surface area contributed by atoms with Gasteiger partial charge in [0, 0.05) is 33.8 Å². The minimum absolute atomic E-state index is 0.249. The van der Waals surface area contributed by atoms with Crippen LogP contribution in [0.1, 0.15) is 50.5 Å². The Bertz CT molecular complexity index is 731. The maximum absolute atomic E-state index is 12.3. The second-order valence-corrected chi connectivity index (χ2v) is 9.30. The van der Waals surface area contributed by atoms with Gasteiger partial charge in [0.25, 0.3) is 0 Å². The summed E-state index contributed by atoms with van der Waals surface area (Å²) >= 11 is 0. The Morgan fingerprint density at radius 2 is 1.97 bits per heavy atom. The fourth-order valence-corrected chi connectivity index (χ4v) is 4.75. The lowest BCUT2D eigenvalue weighted by molar-refractivity contribution is 0.204. The van der Waals surface area contributed by atoms with Crippen LogP contribution in [-0.4, -0.2) is 48.2 Å². The molecule has 1 aliphatic rings. The van der Waals surface area contributed by atoms with Gasteiger partial charge in [-0.15, -0.1) is 0 Å². The summed E-state index contributed by atoms with van der Waals surface area (Å²) in [6, 6.07) is 6.93. The molecule has 1 aromatic carbocycles. The average molecular weight is 425 g/mol. The molecular weight excluding hydrogens is 388 g/mol. The first-order valence-electron chi connectivity index (χ1n) is 10.6. The number of guanidine groups is 1. The Labute approximate surface area is 175 Å². The molecule has 0 amide bonds. The molecule has 29 heavy (non-hydrogen) atoms. The van der Waals surface area contributed by atoms with Gasteiger partial charge in [-0.25, -0.2) is 13.1 Å². The van der Waals surface area contributed by atoms with Crippen LogP contribution in [0.2, 0.25) is 0 Å². The highest BCUT2D eigenvalue weighted by Gasteiger charge is 2.14. The van der Waals surface area contributed by atoms with Crippen molar-refractivity contribution in [1.29, 1.82) is 0 Å². The van der Waals surface area contributed by atoms with E-state index >= 15 is 0 Å². The van der Waals surface area contributed by atoms with Crippen molar-refractivity contribution in [3.05, 3.63) is 29.8 Å². The molecule has 7 nitrogen and oxygen atoms in total. The SMILES string of the molecule is CN=C(NCCCC1CCCCC1)NCc1cccc(S(=O)(=O)NCCOC)c1. The highest BCUT2D eigenvalue weighted by molar-refractivity contribution is 7.89. The van der Waals surface area contributed by atoms with Gasteiger partial charge in [0.2, 0.25) is 10.0 Å². The lowest BCUT2D eigenvalue weighted by Crippen LogP contribution is -2.37. The zero-order chi connectivity index (χ0) is 21.0. The number of hydrogen-bond donors (Lipinski definition) is 3. The van der Waals surface area contributed by atoms with Crippen LogP contribution >= 0.6 is 0 Å². The van der Waals surface area contributed by atoms with Crippen molar-refractivity contribution in [2.24, 2.45) is 10.9 Å². The number of ether oxygens (including phenoxy) is 1. The predicted octanol–water partition coefficient (Wildman–Crippen LogP) is 2.64. The smallest absolute Gasteiger partial charge is 0.240 e. The zero-order valence-electron chi connectivity index (χ0n) is 17.7. The summed E-state index contributed by atoms with van der Waals surface area (Å²) in [6.45, 7) is 1.99. The number of hydrogen-bond acceptors (Lipinski definition) is 4. The summed E-state index contributed by atoms with van der Waals surface area (Å²) in [7, 11) is -0.245. The molecule has 0 spiro atoms. The van der Waals surface area contributed by atoms with E-state index in [1.807, 2.05) is 6.07 Å². The predicted molar refractivity (Wildman–Crippen MR) is 118 cm³/mol. The molecule has 1 aromatic rings. The minimum atomic E-state index is -3.53. The molecule has 0 saturated heterocycles. The van der Waals surface area contributed by atoms with Crippen LogP contribution in [0.25, 0.3) is 0 Å². The van der Waals surface area contributed by atoms with Gasteiger partial charge in [-0.1, -0.05) is 44.2 Å². The van der Waals surface area contributed by atoms with Gasteiger partial charge < -0.3 is 15.4 Å². The molecule has 0 radical (unpaired) electrons. The summed E-state index contributed by atoms with van der Waals surface area (Å²) in [5.41, 5.74) is 0.879. The Balaban J connectivity index is 1.77. The van der Waals surface area contributed by atoms with Crippen LogP contribution in [0, 0.1) is 5.92 Å². The fraction of sp³-hybridized carbons (Fsp3) is 0.667. The largest absolute Gasteiger partial charge is 0.383 e. The summed E-state index contributed by atoms with van der Waals surface area (Å²) in [5.74, 6) is 1.63. The van der Waals surface area contributed by atoms with Crippen LogP contribution in [-0.2, 0) is 21.3 Å². The number of sulfonamides is 1. The van der Waals surface area contributed by atoms with Gasteiger partial charge in [0.05, 0.1) is 11.5 Å². The van der Waals surface area contributed by atoms with Crippen molar-refractivity contribution in [2.75, 3.05) is 33.9 Å². The average Bonchev–Trinajstić information content (AvgIpc) is 2.74. The molecular formula is C21H36N4O3S. The normalized spacial score (nSPS) is 16.0. The monoisotopic (exact) mass is 424 g/mol. The molecule has 0 aliphatic heterocycles. The van der Waals surface area contributed by atoms with Gasteiger partial charge in [-0.2, -0.15) is 0 Å². The fourth-order valence-electron chi connectivity index (χ4n) is 3.66. The second kappa shape index (κ2) is 12.8. The van der Waals surface area contributed by atoms with Crippen LogP contribution in [0.4, 0.5) is 0 Å². The Kier molecular flexibility index (Phi) is 10.5. The lowest BCUT2D eigenvalue weighted by atomic mass is 9.86. The van der Waals surface area contributed by atoms with Crippen molar-refractivity contribution in [2.45, 2.75) is 56.4 Å². The summed E-state index contributed by atoms with van der Waals surface area (Å²) in [6.07, 6.45) is 9.36.